The quantitative estimate of drug-likeness (QED) is 0.840. The Labute approximate surface area is 126 Å². The molecule has 3 N–H and O–H groups in total. The molecular formula is C15H24N2O3S. The van der Waals surface area contributed by atoms with Gasteiger partial charge in [0.25, 0.3) is 0 Å². The summed E-state index contributed by atoms with van der Waals surface area (Å²) in [5.74, 6) is 0.639. The molecule has 0 heterocycles. The van der Waals surface area contributed by atoms with Crippen LogP contribution in [0.15, 0.2) is 29.2 Å². The van der Waals surface area contributed by atoms with Gasteiger partial charge in [0.05, 0.1) is 12.0 Å². The first-order valence-corrected chi connectivity index (χ1v) is 8.83. The molecule has 0 atom stereocenters. The summed E-state index contributed by atoms with van der Waals surface area (Å²) < 4.78 is 32.4. The molecule has 21 heavy (non-hydrogen) atoms. The molecule has 1 aliphatic rings. The summed E-state index contributed by atoms with van der Waals surface area (Å²) in [6.45, 7) is 0.940. The Morgan fingerprint density at radius 1 is 1.19 bits per heavy atom. The van der Waals surface area contributed by atoms with Gasteiger partial charge in [-0.05, 0) is 49.1 Å². The monoisotopic (exact) mass is 312 g/mol. The van der Waals surface area contributed by atoms with E-state index in [9.17, 15) is 8.42 Å². The lowest BCUT2D eigenvalue weighted by Gasteiger charge is -2.36. The van der Waals surface area contributed by atoms with Gasteiger partial charge in [-0.3, -0.25) is 0 Å². The first kappa shape index (κ1) is 16.3. The highest BCUT2D eigenvalue weighted by atomic mass is 32.2. The fraction of sp³-hybridized carbons (Fsp3) is 0.600. The van der Waals surface area contributed by atoms with E-state index in [0.29, 0.717) is 18.8 Å². The molecule has 1 saturated carbocycles. The Bertz CT molecular complexity index is 549. The van der Waals surface area contributed by atoms with Crippen molar-refractivity contribution < 1.29 is 13.2 Å². The maximum absolute atomic E-state index is 12.3. The molecule has 0 radical (unpaired) electrons. The van der Waals surface area contributed by atoms with Crippen LogP contribution in [0.1, 0.15) is 32.1 Å². The van der Waals surface area contributed by atoms with E-state index in [4.69, 9.17) is 10.5 Å². The van der Waals surface area contributed by atoms with E-state index in [1.165, 1.54) is 6.42 Å². The SMILES string of the molecule is COc1ccc(S(=O)(=O)NCC2(CN)CCCCC2)cc1. The third-order valence-electron chi connectivity index (χ3n) is 4.35. The van der Waals surface area contributed by atoms with Crippen molar-refractivity contribution >= 4 is 10.0 Å². The number of methoxy groups -OCH3 is 1. The van der Waals surface area contributed by atoms with Crippen molar-refractivity contribution in [3.8, 4) is 5.75 Å². The molecule has 6 heteroatoms. The molecule has 118 valence electrons. The van der Waals surface area contributed by atoms with E-state index < -0.39 is 10.0 Å². The highest BCUT2D eigenvalue weighted by molar-refractivity contribution is 7.89. The second-order valence-electron chi connectivity index (χ2n) is 5.76. The molecule has 0 aromatic heterocycles. The topological polar surface area (TPSA) is 81.4 Å². The maximum Gasteiger partial charge on any atom is 0.240 e. The van der Waals surface area contributed by atoms with Crippen LogP contribution < -0.4 is 15.2 Å². The molecular weight excluding hydrogens is 288 g/mol. The number of hydrogen-bond donors (Lipinski definition) is 2. The normalized spacial score (nSPS) is 18.4. The number of rotatable bonds is 6. The minimum absolute atomic E-state index is 0.0855. The lowest BCUT2D eigenvalue weighted by Crippen LogP contribution is -2.43. The van der Waals surface area contributed by atoms with Crippen molar-refractivity contribution in [3.63, 3.8) is 0 Å². The number of nitrogens with two attached hydrogens (primary N) is 1. The molecule has 1 fully saturated rings. The van der Waals surface area contributed by atoms with E-state index in [1.807, 2.05) is 0 Å². The summed E-state index contributed by atoms with van der Waals surface area (Å²) in [5, 5.41) is 0. The Balaban J connectivity index is 2.06. The van der Waals surface area contributed by atoms with Crippen LogP contribution in [0.3, 0.4) is 0 Å². The average molecular weight is 312 g/mol. The van der Waals surface area contributed by atoms with Crippen LogP contribution >= 0.6 is 0 Å². The van der Waals surface area contributed by atoms with Gasteiger partial charge in [-0.15, -0.1) is 0 Å². The number of ether oxygens (including phenoxy) is 1. The summed E-state index contributed by atoms with van der Waals surface area (Å²) >= 11 is 0. The molecule has 0 spiro atoms. The Hall–Kier alpha value is -1.11. The van der Waals surface area contributed by atoms with Crippen molar-refractivity contribution in [1.29, 1.82) is 0 Å². The standard InChI is InChI=1S/C15H24N2O3S/c1-20-13-5-7-14(8-6-13)21(18,19)17-12-15(11-16)9-3-2-4-10-15/h5-8,17H,2-4,9-12,16H2,1H3. The van der Waals surface area contributed by atoms with Crippen LogP contribution in [0.5, 0.6) is 5.75 Å². The fourth-order valence-electron chi connectivity index (χ4n) is 2.84. The van der Waals surface area contributed by atoms with Crippen molar-refractivity contribution in [2.75, 3.05) is 20.2 Å². The molecule has 0 unspecified atom stereocenters. The lowest BCUT2D eigenvalue weighted by atomic mass is 9.74. The van der Waals surface area contributed by atoms with Gasteiger partial charge in [-0.1, -0.05) is 19.3 Å². The molecule has 1 aromatic rings. The summed E-state index contributed by atoms with van der Waals surface area (Å²) in [6.07, 6.45) is 5.46. The second-order valence-corrected chi connectivity index (χ2v) is 7.53. The minimum atomic E-state index is -3.49. The van der Waals surface area contributed by atoms with Gasteiger partial charge < -0.3 is 10.5 Å². The summed E-state index contributed by atoms with van der Waals surface area (Å²) in [7, 11) is -1.94. The molecule has 0 saturated heterocycles. The highest BCUT2D eigenvalue weighted by Crippen LogP contribution is 2.35. The molecule has 1 aliphatic carbocycles. The summed E-state index contributed by atoms with van der Waals surface area (Å²) in [6, 6.07) is 6.40. The van der Waals surface area contributed by atoms with Crippen molar-refractivity contribution in [2.24, 2.45) is 11.1 Å². The van der Waals surface area contributed by atoms with Crippen LogP contribution in [0, 0.1) is 5.41 Å². The van der Waals surface area contributed by atoms with Crippen molar-refractivity contribution in [3.05, 3.63) is 24.3 Å². The molecule has 0 amide bonds. The van der Waals surface area contributed by atoms with E-state index in [0.717, 1.165) is 25.7 Å². The average Bonchev–Trinajstić information content (AvgIpc) is 2.54. The van der Waals surface area contributed by atoms with E-state index in [2.05, 4.69) is 4.72 Å². The van der Waals surface area contributed by atoms with Gasteiger partial charge in [-0.2, -0.15) is 0 Å². The predicted octanol–water partition coefficient (Wildman–Crippen LogP) is 1.88. The molecule has 5 nitrogen and oxygen atoms in total. The lowest BCUT2D eigenvalue weighted by molar-refractivity contribution is 0.202. The summed E-state index contributed by atoms with van der Waals surface area (Å²) in [4.78, 5) is 0.256. The van der Waals surface area contributed by atoms with Crippen molar-refractivity contribution in [1.82, 2.24) is 4.72 Å². The number of sulfonamides is 1. The zero-order valence-corrected chi connectivity index (χ0v) is 13.3. The summed E-state index contributed by atoms with van der Waals surface area (Å²) in [5.41, 5.74) is 5.81. The Morgan fingerprint density at radius 3 is 2.33 bits per heavy atom. The molecule has 0 bridgehead atoms. The Kier molecular flexibility index (Phi) is 5.24. The third kappa shape index (κ3) is 3.96. The fourth-order valence-corrected chi connectivity index (χ4v) is 4.00. The minimum Gasteiger partial charge on any atom is -0.497 e. The van der Waals surface area contributed by atoms with Gasteiger partial charge >= 0.3 is 0 Å². The molecule has 1 aromatic carbocycles. The van der Waals surface area contributed by atoms with E-state index in [1.54, 1.807) is 31.4 Å². The second kappa shape index (κ2) is 6.77. The number of nitrogens with one attached hydrogen (secondary N) is 1. The van der Waals surface area contributed by atoms with Crippen LogP contribution in [0.25, 0.3) is 0 Å². The zero-order chi connectivity index (χ0) is 15.3. The van der Waals surface area contributed by atoms with Crippen LogP contribution in [0.2, 0.25) is 0 Å². The van der Waals surface area contributed by atoms with Crippen molar-refractivity contribution in [2.45, 2.75) is 37.0 Å². The third-order valence-corrected chi connectivity index (χ3v) is 5.77. The largest absolute Gasteiger partial charge is 0.497 e. The van der Waals surface area contributed by atoms with Crippen LogP contribution in [-0.2, 0) is 10.0 Å². The Morgan fingerprint density at radius 2 is 1.81 bits per heavy atom. The number of hydrogen-bond acceptors (Lipinski definition) is 4. The highest BCUT2D eigenvalue weighted by Gasteiger charge is 2.32. The zero-order valence-electron chi connectivity index (χ0n) is 12.5. The maximum atomic E-state index is 12.3. The van der Waals surface area contributed by atoms with Crippen LogP contribution in [0.4, 0.5) is 0 Å². The van der Waals surface area contributed by atoms with E-state index >= 15 is 0 Å². The first-order valence-electron chi connectivity index (χ1n) is 7.35. The molecule has 2 rings (SSSR count). The van der Waals surface area contributed by atoms with Gasteiger partial charge in [0.15, 0.2) is 0 Å². The smallest absolute Gasteiger partial charge is 0.240 e. The number of benzene rings is 1. The molecule has 0 aliphatic heterocycles. The first-order chi connectivity index (χ1) is 10.0. The van der Waals surface area contributed by atoms with Gasteiger partial charge in [0.2, 0.25) is 10.0 Å². The predicted molar refractivity (Wildman–Crippen MR) is 82.8 cm³/mol. The van der Waals surface area contributed by atoms with Gasteiger partial charge in [0.1, 0.15) is 5.75 Å². The van der Waals surface area contributed by atoms with Gasteiger partial charge in [-0.25, -0.2) is 13.1 Å². The van der Waals surface area contributed by atoms with Crippen LogP contribution in [-0.4, -0.2) is 28.6 Å². The van der Waals surface area contributed by atoms with E-state index in [-0.39, 0.29) is 10.3 Å². The van der Waals surface area contributed by atoms with Gasteiger partial charge in [0, 0.05) is 6.54 Å².